The van der Waals surface area contributed by atoms with Crippen LogP contribution in [0.15, 0.2) is 60.3 Å². The standard InChI is InChI=1S/2C8H12N2.2C6H10N2S.C6H12.C4H5NS.2C2H6/c1-8(2,3)7-4-5-9-6-10-7;1-8(2,3)7-5-4-6-9-10-7;1-6(2,3)5-8-7-4-9-5;1-6(2,3)5-7-4-8-9-5;1-6-4-2-3-5-6;1-4-5-2-3-6-4;2*1-2/h2*4-6H,1-3H3;2*4H,1-3H3;6H,2-5H2,1H3;2-3H,1H3;2*1-2H3. The minimum atomic E-state index is 0.119. The van der Waals surface area contributed by atoms with E-state index in [1.54, 1.807) is 59.4 Å². The van der Waals surface area contributed by atoms with Crippen LogP contribution in [0.5, 0.6) is 0 Å². The van der Waals surface area contributed by atoms with Crippen LogP contribution in [-0.2, 0) is 21.7 Å². The first-order valence-corrected chi connectivity index (χ1v) is 21.7. The number of nitrogens with zero attached hydrogens (tertiary/aromatic N) is 9. The zero-order valence-electron chi connectivity index (χ0n) is 36.9. The lowest BCUT2D eigenvalue weighted by Gasteiger charge is -2.16. The molecule has 0 unspecified atom stereocenters. The van der Waals surface area contributed by atoms with Gasteiger partial charge in [0.2, 0.25) is 0 Å². The van der Waals surface area contributed by atoms with Crippen LogP contribution in [0.4, 0.5) is 0 Å². The summed E-state index contributed by atoms with van der Waals surface area (Å²) in [5.41, 5.74) is 4.48. The topological polar surface area (TPSA) is 116 Å². The molecule has 1 aliphatic rings. The highest BCUT2D eigenvalue weighted by molar-refractivity contribution is 7.09. The number of aromatic nitrogens is 9. The van der Waals surface area contributed by atoms with E-state index in [1.165, 1.54) is 37.2 Å². The smallest absolute Gasteiger partial charge is 0.129 e. The summed E-state index contributed by atoms with van der Waals surface area (Å²) in [5, 5.41) is 20.8. The van der Waals surface area contributed by atoms with Crippen molar-refractivity contribution in [2.45, 2.75) is 172 Å². The number of rotatable bonds is 0. The van der Waals surface area contributed by atoms with Gasteiger partial charge in [-0.1, -0.05) is 143 Å². The number of hydrogen-bond donors (Lipinski definition) is 0. The Morgan fingerprint density at radius 1 is 0.593 bits per heavy atom. The molecule has 0 amide bonds. The molecule has 5 heterocycles. The summed E-state index contributed by atoms with van der Waals surface area (Å²) in [6, 6.07) is 5.85. The molecule has 0 spiro atoms. The van der Waals surface area contributed by atoms with Gasteiger partial charge in [0.1, 0.15) is 28.2 Å². The molecule has 0 N–H and O–H groups in total. The van der Waals surface area contributed by atoms with E-state index in [4.69, 9.17) is 0 Å². The Labute approximate surface area is 342 Å². The van der Waals surface area contributed by atoms with E-state index in [1.807, 2.05) is 58.2 Å². The van der Waals surface area contributed by atoms with Crippen molar-refractivity contribution in [2.75, 3.05) is 0 Å². The van der Waals surface area contributed by atoms with E-state index < -0.39 is 0 Å². The summed E-state index contributed by atoms with van der Waals surface area (Å²) in [4.78, 5) is 16.0. The van der Waals surface area contributed by atoms with Crippen molar-refractivity contribution in [1.82, 2.24) is 44.7 Å². The second-order valence-corrected chi connectivity index (χ2v) is 18.8. The molecule has 0 atom stereocenters. The Morgan fingerprint density at radius 3 is 1.41 bits per heavy atom. The summed E-state index contributed by atoms with van der Waals surface area (Å²) in [7, 11) is 0. The Morgan fingerprint density at radius 2 is 1.19 bits per heavy atom. The predicted molar refractivity (Wildman–Crippen MR) is 236 cm³/mol. The predicted octanol–water partition coefficient (Wildman–Crippen LogP) is 12.9. The maximum atomic E-state index is 4.14. The molecule has 1 saturated carbocycles. The number of thiazole rings is 1. The van der Waals surface area contributed by atoms with Gasteiger partial charge < -0.3 is 0 Å². The molecule has 54 heavy (non-hydrogen) atoms. The molecule has 1 aliphatic carbocycles. The fraction of sp³-hybridized carbons (Fsp3) is 0.643. The van der Waals surface area contributed by atoms with E-state index >= 15 is 0 Å². The average Bonchev–Trinajstić information content (AvgIpc) is 3.97. The van der Waals surface area contributed by atoms with Crippen LogP contribution in [0.2, 0.25) is 0 Å². The van der Waals surface area contributed by atoms with Gasteiger partial charge in [0.15, 0.2) is 0 Å². The Balaban J connectivity index is 0. The summed E-state index contributed by atoms with van der Waals surface area (Å²) in [6.45, 7) is 37.9. The maximum absolute atomic E-state index is 4.14. The first-order chi connectivity index (χ1) is 25.2. The SMILES string of the molecule is CC.CC.CC(C)(C)c1cccnn1.CC(C)(C)c1ccncn1.CC(C)(C)c1ncns1.CC(C)(C)c1nncs1.CC1CCCC1.Cc1nccs1. The molecule has 6 rings (SSSR count). The Hall–Kier alpha value is -3.09. The van der Waals surface area contributed by atoms with Crippen molar-refractivity contribution in [2.24, 2.45) is 5.92 Å². The number of aryl methyl sites for hydroxylation is 1. The maximum Gasteiger partial charge on any atom is 0.129 e. The molecule has 5 aromatic heterocycles. The van der Waals surface area contributed by atoms with Crippen molar-refractivity contribution in [3.05, 3.63) is 86.7 Å². The monoisotopic (exact) mass is 800 g/mol. The molecule has 12 heteroatoms. The van der Waals surface area contributed by atoms with Crippen molar-refractivity contribution in [1.29, 1.82) is 0 Å². The van der Waals surface area contributed by atoms with Gasteiger partial charge in [0.05, 0.1) is 10.7 Å². The van der Waals surface area contributed by atoms with Gasteiger partial charge in [0.25, 0.3) is 0 Å². The quantitative estimate of drug-likeness (QED) is 0.151. The summed E-state index contributed by atoms with van der Waals surface area (Å²) < 4.78 is 3.92. The highest BCUT2D eigenvalue weighted by Crippen LogP contribution is 2.24. The van der Waals surface area contributed by atoms with Crippen LogP contribution in [-0.4, -0.2) is 44.7 Å². The van der Waals surface area contributed by atoms with Gasteiger partial charge in [0, 0.05) is 51.3 Å². The van der Waals surface area contributed by atoms with Gasteiger partial charge in [-0.15, -0.1) is 32.9 Å². The van der Waals surface area contributed by atoms with E-state index in [0.29, 0.717) is 0 Å². The third kappa shape index (κ3) is 26.6. The molecule has 5 aromatic rings. The van der Waals surface area contributed by atoms with Crippen LogP contribution < -0.4 is 0 Å². The lowest BCUT2D eigenvalue weighted by Crippen LogP contribution is -2.13. The second-order valence-electron chi connectivity index (χ2n) is 16.1. The van der Waals surface area contributed by atoms with Crippen LogP contribution in [0, 0.1) is 12.8 Å². The van der Waals surface area contributed by atoms with Crippen LogP contribution in [0.1, 0.15) is 170 Å². The molecule has 0 aliphatic heterocycles. The first kappa shape index (κ1) is 53.0. The van der Waals surface area contributed by atoms with Crippen LogP contribution >= 0.6 is 34.2 Å². The molecule has 0 bridgehead atoms. The van der Waals surface area contributed by atoms with E-state index in [2.05, 4.69) is 135 Å². The van der Waals surface area contributed by atoms with E-state index in [0.717, 1.165) is 32.3 Å². The average molecular weight is 800 g/mol. The third-order valence-corrected chi connectivity index (χ3v) is 9.81. The summed E-state index contributed by atoms with van der Waals surface area (Å²) in [6.07, 6.45) is 14.4. The van der Waals surface area contributed by atoms with Crippen LogP contribution in [0.3, 0.4) is 0 Å². The number of hydrogen-bond acceptors (Lipinski definition) is 12. The van der Waals surface area contributed by atoms with Crippen molar-refractivity contribution in [3.8, 4) is 0 Å². The van der Waals surface area contributed by atoms with Gasteiger partial charge in [-0.3, -0.25) is 4.98 Å². The van der Waals surface area contributed by atoms with Gasteiger partial charge in [-0.2, -0.15) is 14.6 Å². The highest BCUT2D eigenvalue weighted by Gasteiger charge is 2.17. The van der Waals surface area contributed by atoms with Crippen molar-refractivity contribution in [3.63, 3.8) is 0 Å². The van der Waals surface area contributed by atoms with E-state index in [-0.39, 0.29) is 21.7 Å². The molecule has 9 nitrogen and oxygen atoms in total. The molecular formula is C42H73N9S3. The fourth-order valence-corrected chi connectivity index (χ4v) is 5.51. The Kier molecular flexibility index (Phi) is 27.8. The molecular weight excluding hydrogens is 727 g/mol. The van der Waals surface area contributed by atoms with Crippen LogP contribution in [0.25, 0.3) is 0 Å². The lowest BCUT2D eigenvalue weighted by molar-refractivity contribution is 0.558. The van der Waals surface area contributed by atoms with Gasteiger partial charge >= 0.3 is 0 Å². The minimum Gasteiger partial charge on any atom is -0.250 e. The molecule has 304 valence electrons. The summed E-state index contributed by atoms with van der Waals surface area (Å²) in [5.74, 6) is 1.05. The normalized spacial score (nSPS) is 12.3. The van der Waals surface area contributed by atoms with Gasteiger partial charge in [-0.25, -0.2) is 15.0 Å². The van der Waals surface area contributed by atoms with Crippen molar-refractivity contribution < 1.29 is 0 Å². The molecule has 0 saturated heterocycles. The minimum absolute atomic E-state index is 0.119. The van der Waals surface area contributed by atoms with E-state index in [9.17, 15) is 0 Å². The fourth-order valence-electron chi connectivity index (χ4n) is 3.86. The Bertz CT molecular complexity index is 1380. The van der Waals surface area contributed by atoms with Crippen molar-refractivity contribution >= 4 is 34.2 Å². The summed E-state index contributed by atoms with van der Waals surface area (Å²) >= 11 is 4.74. The van der Waals surface area contributed by atoms with Gasteiger partial charge in [-0.05, 0) is 42.6 Å². The largest absolute Gasteiger partial charge is 0.250 e. The molecule has 0 aromatic carbocycles. The zero-order valence-corrected chi connectivity index (χ0v) is 39.4. The first-order valence-electron chi connectivity index (χ1n) is 19.2. The lowest BCUT2D eigenvalue weighted by atomic mass is 9.92. The second kappa shape index (κ2) is 28.3. The molecule has 1 fully saturated rings. The third-order valence-electron chi connectivity index (χ3n) is 6.90. The highest BCUT2D eigenvalue weighted by atomic mass is 32.1. The zero-order chi connectivity index (χ0) is 41.8. The molecule has 0 radical (unpaired) electrons.